The van der Waals surface area contributed by atoms with Crippen LogP contribution in [-0.2, 0) is 9.53 Å². The second-order valence-corrected chi connectivity index (χ2v) is 5.53. The van der Waals surface area contributed by atoms with Crippen LogP contribution < -0.4 is 0 Å². The molecule has 3 rings (SSSR count). The van der Waals surface area contributed by atoms with Crippen LogP contribution in [0.1, 0.15) is 23.3 Å². The molecule has 0 aromatic heterocycles. The average molecular weight is 297 g/mol. The van der Waals surface area contributed by atoms with Crippen molar-refractivity contribution < 1.29 is 14.6 Å². The van der Waals surface area contributed by atoms with Gasteiger partial charge in [-0.05, 0) is 11.1 Å². The molecule has 4 heteroatoms. The molecule has 1 N–H and O–H groups in total. The lowest BCUT2D eigenvalue weighted by Crippen LogP contribution is -2.34. The minimum atomic E-state index is -0.691. The summed E-state index contributed by atoms with van der Waals surface area (Å²) in [6.07, 6.45) is -1.29. The Morgan fingerprint density at radius 1 is 1.14 bits per heavy atom. The SMILES string of the molecule is CN(CC(O)c1ccccc1)C(=O)[C@@H]1O[C@@H]1c1ccccc1. The van der Waals surface area contributed by atoms with Gasteiger partial charge in [-0.25, -0.2) is 0 Å². The van der Waals surface area contributed by atoms with Gasteiger partial charge >= 0.3 is 0 Å². The van der Waals surface area contributed by atoms with Crippen LogP contribution in [-0.4, -0.2) is 35.6 Å². The Morgan fingerprint density at radius 3 is 2.36 bits per heavy atom. The van der Waals surface area contributed by atoms with Gasteiger partial charge in [-0.3, -0.25) is 4.79 Å². The Hall–Kier alpha value is -2.17. The number of likely N-dealkylation sites (N-methyl/N-ethyl adjacent to an activating group) is 1. The van der Waals surface area contributed by atoms with Crippen molar-refractivity contribution in [1.82, 2.24) is 4.90 Å². The number of hydrogen-bond donors (Lipinski definition) is 1. The van der Waals surface area contributed by atoms with E-state index in [1.807, 2.05) is 60.7 Å². The van der Waals surface area contributed by atoms with Crippen LogP contribution in [0.15, 0.2) is 60.7 Å². The number of ether oxygens (including phenoxy) is 1. The number of carbonyl (C=O) groups is 1. The molecular formula is C18H19NO3. The maximum Gasteiger partial charge on any atom is 0.254 e. The molecule has 0 saturated carbocycles. The fourth-order valence-electron chi connectivity index (χ4n) is 2.54. The van der Waals surface area contributed by atoms with E-state index in [1.165, 1.54) is 4.90 Å². The monoisotopic (exact) mass is 297 g/mol. The smallest absolute Gasteiger partial charge is 0.254 e. The zero-order valence-corrected chi connectivity index (χ0v) is 12.4. The number of epoxide rings is 1. The minimum Gasteiger partial charge on any atom is -0.387 e. The molecule has 1 fully saturated rings. The molecule has 1 amide bonds. The second kappa shape index (κ2) is 6.30. The van der Waals surface area contributed by atoms with Crippen LogP contribution in [0.5, 0.6) is 0 Å². The maximum absolute atomic E-state index is 12.3. The Labute approximate surface area is 130 Å². The van der Waals surface area contributed by atoms with Gasteiger partial charge in [0, 0.05) is 7.05 Å². The van der Waals surface area contributed by atoms with Gasteiger partial charge in [0.2, 0.25) is 0 Å². The number of nitrogens with zero attached hydrogens (tertiary/aromatic N) is 1. The lowest BCUT2D eigenvalue weighted by atomic mass is 10.1. The van der Waals surface area contributed by atoms with Crippen LogP contribution in [0.2, 0.25) is 0 Å². The summed E-state index contributed by atoms with van der Waals surface area (Å²) in [7, 11) is 1.69. The van der Waals surface area contributed by atoms with Gasteiger partial charge in [-0.15, -0.1) is 0 Å². The lowest BCUT2D eigenvalue weighted by Gasteiger charge is -2.20. The van der Waals surface area contributed by atoms with Crippen LogP contribution >= 0.6 is 0 Å². The van der Waals surface area contributed by atoms with E-state index >= 15 is 0 Å². The molecule has 0 spiro atoms. The van der Waals surface area contributed by atoms with Crippen molar-refractivity contribution in [1.29, 1.82) is 0 Å². The summed E-state index contributed by atoms with van der Waals surface area (Å²) in [6, 6.07) is 19.0. The maximum atomic E-state index is 12.3. The zero-order chi connectivity index (χ0) is 15.5. The highest BCUT2D eigenvalue weighted by atomic mass is 16.6. The van der Waals surface area contributed by atoms with Crippen molar-refractivity contribution in [2.75, 3.05) is 13.6 Å². The lowest BCUT2D eigenvalue weighted by molar-refractivity contribution is -0.132. The standard InChI is InChI=1S/C18H19NO3/c1-19(12-15(20)13-8-4-2-5-9-13)18(21)17-16(22-17)14-10-6-3-7-11-14/h2-11,15-17,20H,12H2,1H3/t15?,16-,17-/m1/s1. The molecule has 1 saturated heterocycles. The summed E-state index contributed by atoms with van der Waals surface area (Å²) in [6.45, 7) is 0.254. The third-order valence-electron chi connectivity index (χ3n) is 3.87. The number of benzene rings is 2. The summed E-state index contributed by atoms with van der Waals surface area (Å²) >= 11 is 0. The summed E-state index contributed by atoms with van der Waals surface area (Å²) in [5.74, 6) is -0.0937. The third-order valence-corrected chi connectivity index (χ3v) is 3.87. The number of carbonyl (C=O) groups excluding carboxylic acids is 1. The van der Waals surface area contributed by atoms with Gasteiger partial charge in [0.25, 0.3) is 5.91 Å². The van der Waals surface area contributed by atoms with Crippen molar-refractivity contribution in [3.05, 3.63) is 71.8 Å². The fraction of sp³-hybridized carbons (Fsp3) is 0.278. The number of rotatable bonds is 5. The average Bonchev–Trinajstić information content (AvgIpc) is 3.36. The van der Waals surface area contributed by atoms with E-state index < -0.39 is 12.2 Å². The van der Waals surface area contributed by atoms with E-state index in [0.29, 0.717) is 0 Å². The molecule has 1 heterocycles. The third kappa shape index (κ3) is 3.18. The van der Waals surface area contributed by atoms with Crippen molar-refractivity contribution >= 4 is 5.91 Å². The van der Waals surface area contributed by atoms with Crippen molar-refractivity contribution in [2.24, 2.45) is 0 Å². The molecule has 0 bridgehead atoms. The topological polar surface area (TPSA) is 53.1 Å². The van der Waals surface area contributed by atoms with E-state index in [2.05, 4.69) is 0 Å². The van der Waals surface area contributed by atoms with Gasteiger partial charge in [-0.2, -0.15) is 0 Å². The molecular weight excluding hydrogens is 278 g/mol. The van der Waals surface area contributed by atoms with E-state index in [-0.39, 0.29) is 18.6 Å². The Kier molecular flexibility index (Phi) is 4.22. The Balaban J connectivity index is 1.57. The Bertz CT molecular complexity index is 629. The number of amides is 1. The quantitative estimate of drug-likeness (QED) is 0.862. The van der Waals surface area contributed by atoms with Crippen molar-refractivity contribution in [3.8, 4) is 0 Å². The summed E-state index contributed by atoms with van der Waals surface area (Å²) in [5, 5.41) is 10.2. The first-order valence-corrected chi connectivity index (χ1v) is 7.35. The molecule has 0 radical (unpaired) electrons. The number of aliphatic hydroxyl groups is 1. The molecule has 22 heavy (non-hydrogen) atoms. The molecule has 1 unspecified atom stereocenters. The van der Waals surface area contributed by atoms with Gasteiger partial charge in [0.05, 0.1) is 12.6 Å². The molecule has 1 aliphatic heterocycles. The molecule has 4 nitrogen and oxygen atoms in total. The van der Waals surface area contributed by atoms with Crippen LogP contribution in [0, 0.1) is 0 Å². The molecule has 3 atom stereocenters. The van der Waals surface area contributed by atoms with Crippen LogP contribution in [0.3, 0.4) is 0 Å². The van der Waals surface area contributed by atoms with Gasteiger partial charge in [-0.1, -0.05) is 60.7 Å². The summed E-state index contributed by atoms with van der Waals surface area (Å²) < 4.78 is 5.50. The second-order valence-electron chi connectivity index (χ2n) is 5.53. The molecule has 1 aliphatic rings. The highest BCUT2D eigenvalue weighted by molar-refractivity contribution is 5.84. The summed E-state index contributed by atoms with van der Waals surface area (Å²) in [4.78, 5) is 13.9. The van der Waals surface area contributed by atoms with E-state index in [0.717, 1.165) is 11.1 Å². The minimum absolute atomic E-state index is 0.0937. The van der Waals surface area contributed by atoms with Crippen LogP contribution in [0.4, 0.5) is 0 Å². The predicted molar refractivity (Wildman–Crippen MR) is 83.1 cm³/mol. The van der Waals surface area contributed by atoms with Gasteiger partial charge in [0.1, 0.15) is 6.10 Å². The normalized spacial score (nSPS) is 21.2. The molecule has 2 aromatic carbocycles. The van der Waals surface area contributed by atoms with Crippen LogP contribution in [0.25, 0.3) is 0 Å². The first kappa shape index (κ1) is 14.8. The van der Waals surface area contributed by atoms with E-state index in [1.54, 1.807) is 7.05 Å². The van der Waals surface area contributed by atoms with Gasteiger partial charge < -0.3 is 14.7 Å². The molecule has 114 valence electrons. The predicted octanol–water partition coefficient (Wildman–Crippen LogP) is 2.32. The molecule has 2 aromatic rings. The van der Waals surface area contributed by atoms with Crippen molar-refractivity contribution in [2.45, 2.75) is 18.3 Å². The first-order chi connectivity index (χ1) is 10.7. The fourth-order valence-corrected chi connectivity index (χ4v) is 2.54. The first-order valence-electron chi connectivity index (χ1n) is 7.35. The van der Waals surface area contributed by atoms with Gasteiger partial charge in [0.15, 0.2) is 6.10 Å². The highest BCUT2D eigenvalue weighted by Crippen LogP contribution is 2.39. The van der Waals surface area contributed by atoms with Crippen molar-refractivity contribution in [3.63, 3.8) is 0 Å². The van der Waals surface area contributed by atoms with E-state index in [9.17, 15) is 9.90 Å². The summed E-state index contributed by atoms with van der Waals surface area (Å²) in [5.41, 5.74) is 1.82. The number of hydrogen-bond acceptors (Lipinski definition) is 3. The largest absolute Gasteiger partial charge is 0.387 e. The number of aliphatic hydroxyl groups excluding tert-OH is 1. The molecule has 0 aliphatic carbocycles. The zero-order valence-electron chi connectivity index (χ0n) is 12.4. The Morgan fingerprint density at radius 2 is 1.73 bits per heavy atom. The highest BCUT2D eigenvalue weighted by Gasteiger charge is 2.47. The van der Waals surface area contributed by atoms with E-state index in [4.69, 9.17) is 4.74 Å².